The van der Waals surface area contributed by atoms with Crippen molar-refractivity contribution < 1.29 is 9.15 Å². The zero-order valence-corrected chi connectivity index (χ0v) is 17.9. The second-order valence-corrected chi connectivity index (χ2v) is 9.89. The van der Waals surface area contributed by atoms with Crippen molar-refractivity contribution in [1.29, 1.82) is 5.26 Å². The molecule has 30 heavy (non-hydrogen) atoms. The topological polar surface area (TPSA) is 88.6 Å². The van der Waals surface area contributed by atoms with Crippen LogP contribution in [0.4, 0.5) is 10.9 Å². The van der Waals surface area contributed by atoms with Crippen molar-refractivity contribution in [3.05, 3.63) is 45.7 Å². The van der Waals surface area contributed by atoms with Crippen LogP contribution in [0.25, 0.3) is 11.0 Å². The Bertz CT molecular complexity index is 1130. The molecule has 1 saturated heterocycles. The lowest BCUT2D eigenvalue weighted by molar-refractivity contribution is 0.0941. The summed E-state index contributed by atoms with van der Waals surface area (Å²) in [5, 5.41) is 24.6. The summed E-state index contributed by atoms with van der Waals surface area (Å²) in [6.45, 7) is 6.67. The fourth-order valence-corrected chi connectivity index (χ4v) is 5.77. The minimum absolute atomic E-state index is 0.0445. The Balaban J connectivity index is 1.45. The largest absolute Gasteiger partial charge is 0.757 e. The van der Waals surface area contributed by atoms with Crippen LogP contribution in [-0.4, -0.2) is 37.3 Å². The highest BCUT2D eigenvalue weighted by atomic mass is 32.1. The van der Waals surface area contributed by atoms with Gasteiger partial charge in [0.1, 0.15) is 11.4 Å². The van der Waals surface area contributed by atoms with Crippen LogP contribution in [0.1, 0.15) is 29.9 Å². The highest BCUT2D eigenvalue weighted by molar-refractivity contribution is 7.16. The summed E-state index contributed by atoms with van der Waals surface area (Å²) in [7, 11) is 0. The first-order chi connectivity index (χ1) is 14.4. The molecule has 8 heteroatoms. The summed E-state index contributed by atoms with van der Waals surface area (Å²) in [5.74, 6) is 0.576. The lowest BCUT2D eigenvalue weighted by atomic mass is 9.86. The minimum Gasteiger partial charge on any atom is -0.757 e. The SMILES string of the molecule is CC1(C)Cc2sc(N3CCOC[C@@H]3Cc3coc4ccc(C#N)cc34)nc2N([O-])C1. The third kappa shape index (κ3) is 3.43. The van der Waals surface area contributed by atoms with Crippen LogP contribution < -0.4 is 9.96 Å². The maximum absolute atomic E-state index is 12.5. The Morgan fingerprint density at radius 1 is 1.40 bits per heavy atom. The molecule has 0 unspecified atom stereocenters. The zero-order valence-electron chi connectivity index (χ0n) is 17.1. The highest BCUT2D eigenvalue weighted by Gasteiger charge is 2.33. The second-order valence-electron chi connectivity index (χ2n) is 8.83. The molecule has 4 heterocycles. The van der Waals surface area contributed by atoms with E-state index < -0.39 is 0 Å². The molecule has 1 fully saturated rings. The molecule has 3 aromatic rings. The molecular weight excluding hydrogens is 400 g/mol. The van der Waals surface area contributed by atoms with Crippen molar-refractivity contribution in [2.75, 3.05) is 36.3 Å². The smallest absolute Gasteiger partial charge is 0.188 e. The number of fused-ring (bicyclic) bond motifs is 2. The van der Waals surface area contributed by atoms with Crippen molar-refractivity contribution in [3.63, 3.8) is 0 Å². The van der Waals surface area contributed by atoms with Gasteiger partial charge in [0.25, 0.3) is 0 Å². The lowest BCUT2D eigenvalue weighted by Gasteiger charge is -2.41. The summed E-state index contributed by atoms with van der Waals surface area (Å²) in [5.41, 5.74) is 2.40. The molecule has 0 amide bonds. The van der Waals surface area contributed by atoms with Gasteiger partial charge >= 0.3 is 0 Å². The highest BCUT2D eigenvalue weighted by Crippen LogP contribution is 2.42. The third-order valence-corrected chi connectivity index (χ3v) is 6.91. The van der Waals surface area contributed by atoms with E-state index in [1.54, 1.807) is 23.7 Å². The molecule has 0 saturated carbocycles. The Hall–Kier alpha value is -2.60. The maximum Gasteiger partial charge on any atom is 0.188 e. The zero-order chi connectivity index (χ0) is 20.9. The molecule has 0 N–H and O–H groups in total. The maximum atomic E-state index is 12.5. The van der Waals surface area contributed by atoms with Gasteiger partial charge in [-0.3, -0.25) is 0 Å². The average molecular weight is 424 g/mol. The number of hydrogen-bond acceptors (Lipinski definition) is 8. The van der Waals surface area contributed by atoms with Crippen LogP contribution in [0.5, 0.6) is 0 Å². The number of nitrogens with zero attached hydrogens (tertiary/aromatic N) is 4. The molecule has 1 aromatic carbocycles. The van der Waals surface area contributed by atoms with Crippen LogP contribution in [0.15, 0.2) is 28.9 Å². The number of ether oxygens (including phenoxy) is 1. The van der Waals surface area contributed by atoms with Gasteiger partial charge in [0.2, 0.25) is 0 Å². The summed E-state index contributed by atoms with van der Waals surface area (Å²) in [4.78, 5) is 8.05. The first kappa shape index (κ1) is 19.4. The normalized spacial score (nSPS) is 20.9. The van der Waals surface area contributed by atoms with E-state index in [4.69, 9.17) is 14.1 Å². The van der Waals surface area contributed by atoms with Gasteiger partial charge in [0.05, 0.1) is 42.0 Å². The summed E-state index contributed by atoms with van der Waals surface area (Å²) in [6, 6.07) is 7.76. The van der Waals surface area contributed by atoms with Crippen molar-refractivity contribution >= 4 is 33.3 Å². The fraction of sp³-hybridized carbons (Fsp3) is 0.455. The van der Waals surface area contributed by atoms with Gasteiger partial charge in [0, 0.05) is 24.0 Å². The standard InChI is InChI=1S/C22H23N4O3S/c1-22(2)9-19-20(26(27)13-22)24-21(30-19)25-5-6-28-12-16(25)8-15-11-29-18-4-3-14(10-23)7-17(15)18/h3-4,7,11,16H,5-6,8-9,12-13H2,1-2H3/q-1/t16-/m0/s1. The number of thiazole rings is 1. The summed E-state index contributed by atoms with van der Waals surface area (Å²) in [6.07, 6.45) is 3.36. The van der Waals surface area contributed by atoms with E-state index in [2.05, 4.69) is 24.8 Å². The number of hydrogen-bond donors (Lipinski definition) is 0. The molecule has 2 aliphatic rings. The van der Waals surface area contributed by atoms with Gasteiger partial charge in [0.15, 0.2) is 5.13 Å². The van der Waals surface area contributed by atoms with Crippen LogP contribution in [0.2, 0.25) is 0 Å². The van der Waals surface area contributed by atoms with E-state index in [1.165, 1.54) is 0 Å². The molecule has 2 aromatic heterocycles. The monoisotopic (exact) mass is 423 g/mol. The molecule has 156 valence electrons. The van der Waals surface area contributed by atoms with Crippen molar-refractivity contribution in [2.45, 2.75) is 32.7 Å². The molecular formula is C22H23N4O3S-. The first-order valence-corrected chi connectivity index (χ1v) is 10.9. The fourth-order valence-electron chi connectivity index (χ4n) is 4.36. The molecule has 5 rings (SSSR count). The van der Waals surface area contributed by atoms with E-state index in [-0.39, 0.29) is 11.5 Å². The van der Waals surface area contributed by atoms with E-state index in [0.717, 1.165) is 51.0 Å². The summed E-state index contributed by atoms with van der Waals surface area (Å²) >= 11 is 1.63. The Kier molecular flexibility index (Phi) is 4.69. The predicted octanol–water partition coefficient (Wildman–Crippen LogP) is 4.10. The third-order valence-electron chi connectivity index (χ3n) is 5.82. The molecule has 0 radical (unpaired) electrons. The number of morpholine rings is 1. The van der Waals surface area contributed by atoms with Crippen LogP contribution in [-0.2, 0) is 17.6 Å². The number of hydroxylamine groups is 1. The van der Waals surface area contributed by atoms with Gasteiger partial charge in [-0.15, -0.1) is 0 Å². The van der Waals surface area contributed by atoms with Gasteiger partial charge in [-0.25, -0.2) is 4.98 Å². The van der Waals surface area contributed by atoms with E-state index in [9.17, 15) is 10.5 Å². The number of anilines is 2. The van der Waals surface area contributed by atoms with Crippen LogP contribution >= 0.6 is 11.3 Å². The van der Waals surface area contributed by atoms with Crippen LogP contribution in [0, 0.1) is 22.0 Å². The second kappa shape index (κ2) is 7.27. The predicted molar refractivity (Wildman–Crippen MR) is 117 cm³/mol. The van der Waals surface area contributed by atoms with Gasteiger partial charge < -0.3 is 24.3 Å². The molecule has 2 aliphatic heterocycles. The Morgan fingerprint density at radius 2 is 2.27 bits per heavy atom. The molecule has 0 bridgehead atoms. The molecule has 7 nitrogen and oxygen atoms in total. The quantitative estimate of drug-likeness (QED) is 0.627. The van der Waals surface area contributed by atoms with Gasteiger partial charge in [-0.1, -0.05) is 25.2 Å². The molecule has 0 spiro atoms. The average Bonchev–Trinajstić information content (AvgIpc) is 3.31. The minimum atomic E-state index is -0.0445. The molecule has 0 aliphatic carbocycles. The van der Waals surface area contributed by atoms with E-state index in [1.807, 2.05) is 12.1 Å². The molecule has 1 atom stereocenters. The van der Waals surface area contributed by atoms with Gasteiger partial charge in [-0.2, -0.15) is 5.26 Å². The van der Waals surface area contributed by atoms with E-state index >= 15 is 0 Å². The Labute approximate surface area is 179 Å². The number of furan rings is 1. The van der Waals surface area contributed by atoms with Crippen molar-refractivity contribution in [3.8, 4) is 6.07 Å². The van der Waals surface area contributed by atoms with Gasteiger partial charge in [-0.05, 0) is 36.5 Å². The lowest BCUT2D eigenvalue weighted by Crippen LogP contribution is -2.46. The number of benzene rings is 1. The number of rotatable bonds is 3. The van der Waals surface area contributed by atoms with Crippen molar-refractivity contribution in [1.82, 2.24) is 4.98 Å². The Morgan fingerprint density at radius 3 is 3.10 bits per heavy atom. The van der Waals surface area contributed by atoms with Crippen molar-refractivity contribution in [2.24, 2.45) is 5.41 Å². The summed E-state index contributed by atoms with van der Waals surface area (Å²) < 4.78 is 11.5. The van der Waals surface area contributed by atoms with Crippen LogP contribution in [0.3, 0.4) is 0 Å². The number of nitriles is 1. The van der Waals surface area contributed by atoms with E-state index in [0.29, 0.717) is 31.1 Å². The number of aromatic nitrogens is 1. The first-order valence-electron chi connectivity index (χ1n) is 10.1.